The number of anilines is 1. The van der Waals surface area contributed by atoms with Crippen molar-refractivity contribution in [2.45, 2.75) is 19.4 Å². The van der Waals surface area contributed by atoms with E-state index < -0.39 is 11.6 Å². The smallest absolute Gasteiger partial charge is 0.266 e. The average Bonchev–Trinajstić information content (AvgIpc) is 2.67. The molecule has 0 saturated carbocycles. The lowest BCUT2D eigenvalue weighted by Crippen LogP contribution is -2.23. The molecule has 1 N–H and O–H groups in total. The topological polar surface area (TPSA) is 76.9 Å². The summed E-state index contributed by atoms with van der Waals surface area (Å²) in [6.45, 7) is 0.248. The molecule has 0 aliphatic heterocycles. The number of nitrogens with one attached hydrogen (secondary N) is 1. The molecule has 0 bridgehead atoms. The molecule has 27 heavy (non-hydrogen) atoms. The highest BCUT2D eigenvalue weighted by atomic mass is 19.2. The minimum Gasteiger partial charge on any atom is -0.326 e. The number of aromatic nitrogens is 3. The average molecular weight is 370 g/mol. The largest absolute Gasteiger partial charge is 0.326 e. The van der Waals surface area contributed by atoms with E-state index in [9.17, 15) is 18.4 Å². The molecule has 0 saturated heterocycles. The number of aryl methyl sites for hydroxylation is 1. The van der Waals surface area contributed by atoms with Crippen LogP contribution in [0, 0.1) is 11.6 Å². The van der Waals surface area contributed by atoms with Gasteiger partial charge in [-0.3, -0.25) is 14.6 Å². The summed E-state index contributed by atoms with van der Waals surface area (Å²) in [5.74, 6) is -2.37. The molecule has 0 spiro atoms. The number of benzene rings is 1. The molecular weight excluding hydrogens is 354 g/mol. The van der Waals surface area contributed by atoms with Crippen molar-refractivity contribution in [2.75, 3.05) is 5.32 Å². The number of hydrogen-bond donors (Lipinski definition) is 1. The Morgan fingerprint density at radius 1 is 1.11 bits per heavy atom. The van der Waals surface area contributed by atoms with Crippen molar-refractivity contribution < 1.29 is 13.6 Å². The Labute approximate surface area is 153 Å². The third kappa shape index (κ3) is 4.81. The molecule has 0 unspecified atom stereocenters. The van der Waals surface area contributed by atoms with Gasteiger partial charge in [0.2, 0.25) is 5.91 Å². The first kappa shape index (κ1) is 18.4. The third-order valence-corrected chi connectivity index (χ3v) is 3.80. The van der Waals surface area contributed by atoms with E-state index in [2.05, 4.69) is 15.4 Å². The lowest BCUT2D eigenvalue weighted by Gasteiger charge is -2.08. The minimum atomic E-state index is -1.03. The van der Waals surface area contributed by atoms with Gasteiger partial charge in [-0.25, -0.2) is 13.5 Å². The first-order chi connectivity index (χ1) is 13.0. The summed E-state index contributed by atoms with van der Waals surface area (Å²) in [6, 6.07) is 9.77. The van der Waals surface area contributed by atoms with E-state index in [1.807, 2.05) is 6.07 Å². The standard InChI is InChI=1S/C19H16F2N4O2/c20-15-6-5-14(11-16(15)21)23-18(26)4-2-10-25-19(27)8-7-17(24-25)13-3-1-9-22-12-13/h1,3,5-9,11-12H,2,4,10H2,(H,23,26). The second kappa shape index (κ2) is 8.31. The Balaban J connectivity index is 1.59. The van der Waals surface area contributed by atoms with Crippen LogP contribution in [0.1, 0.15) is 12.8 Å². The minimum absolute atomic E-state index is 0.101. The summed E-state index contributed by atoms with van der Waals surface area (Å²) >= 11 is 0. The van der Waals surface area contributed by atoms with Gasteiger partial charge in [0.1, 0.15) is 0 Å². The summed E-state index contributed by atoms with van der Waals surface area (Å²) in [5, 5.41) is 6.77. The monoisotopic (exact) mass is 370 g/mol. The highest BCUT2D eigenvalue weighted by Gasteiger charge is 2.08. The van der Waals surface area contributed by atoms with Gasteiger partial charge in [-0.2, -0.15) is 5.10 Å². The number of carbonyl (C=O) groups is 1. The van der Waals surface area contributed by atoms with Crippen molar-refractivity contribution in [3.63, 3.8) is 0 Å². The number of pyridine rings is 1. The Kier molecular flexibility index (Phi) is 5.65. The Morgan fingerprint density at radius 2 is 1.96 bits per heavy atom. The van der Waals surface area contributed by atoms with Crippen LogP contribution in [0.3, 0.4) is 0 Å². The molecule has 1 aromatic carbocycles. The lowest BCUT2D eigenvalue weighted by atomic mass is 10.2. The first-order valence-corrected chi connectivity index (χ1v) is 8.26. The van der Waals surface area contributed by atoms with Crippen molar-refractivity contribution in [1.29, 1.82) is 0 Å². The van der Waals surface area contributed by atoms with Crippen LogP contribution in [0.4, 0.5) is 14.5 Å². The second-order valence-corrected chi connectivity index (χ2v) is 5.80. The molecule has 138 valence electrons. The molecule has 3 rings (SSSR count). The van der Waals surface area contributed by atoms with E-state index >= 15 is 0 Å². The SMILES string of the molecule is O=C(CCCn1nc(-c2cccnc2)ccc1=O)Nc1ccc(F)c(F)c1. The number of rotatable bonds is 6. The van der Waals surface area contributed by atoms with Crippen molar-refractivity contribution in [2.24, 2.45) is 0 Å². The van der Waals surface area contributed by atoms with E-state index in [-0.39, 0.29) is 30.1 Å². The van der Waals surface area contributed by atoms with Gasteiger partial charge in [0.05, 0.1) is 5.69 Å². The molecule has 0 atom stereocenters. The number of amides is 1. The van der Waals surface area contributed by atoms with E-state index in [4.69, 9.17) is 0 Å². The Morgan fingerprint density at radius 3 is 2.70 bits per heavy atom. The highest BCUT2D eigenvalue weighted by molar-refractivity contribution is 5.90. The molecule has 0 aliphatic carbocycles. The number of halogens is 2. The molecule has 8 heteroatoms. The number of carbonyl (C=O) groups excluding carboxylic acids is 1. The summed E-state index contributed by atoms with van der Waals surface area (Å²) in [7, 11) is 0. The molecule has 0 radical (unpaired) electrons. The van der Waals surface area contributed by atoms with Crippen LogP contribution < -0.4 is 10.9 Å². The second-order valence-electron chi connectivity index (χ2n) is 5.80. The summed E-state index contributed by atoms with van der Waals surface area (Å²) in [4.78, 5) is 27.9. The Hall–Kier alpha value is -3.42. The van der Waals surface area contributed by atoms with Gasteiger partial charge in [0.25, 0.3) is 5.56 Å². The molecule has 2 heterocycles. The maximum Gasteiger partial charge on any atom is 0.266 e. The predicted octanol–water partition coefficient (Wildman–Crippen LogP) is 3.00. The van der Waals surface area contributed by atoms with Crippen LogP contribution in [-0.4, -0.2) is 20.7 Å². The van der Waals surface area contributed by atoms with Gasteiger partial charge < -0.3 is 5.32 Å². The third-order valence-electron chi connectivity index (χ3n) is 3.80. The van der Waals surface area contributed by atoms with Crippen molar-refractivity contribution in [3.8, 4) is 11.3 Å². The zero-order valence-corrected chi connectivity index (χ0v) is 14.2. The number of hydrogen-bond acceptors (Lipinski definition) is 4. The maximum atomic E-state index is 13.1. The normalized spacial score (nSPS) is 10.6. The zero-order valence-electron chi connectivity index (χ0n) is 14.2. The van der Waals surface area contributed by atoms with Crippen LogP contribution in [0.15, 0.2) is 59.7 Å². The van der Waals surface area contributed by atoms with E-state index in [0.29, 0.717) is 12.1 Å². The van der Waals surface area contributed by atoms with Gasteiger partial charge in [0, 0.05) is 48.7 Å². The fraction of sp³-hybridized carbons (Fsp3) is 0.158. The van der Waals surface area contributed by atoms with Crippen LogP contribution >= 0.6 is 0 Å². The van der Waals surface area contributed by atoms with Crippen LogP contribution in [0.5, 0.6) is 0 Å². The lowest BCUT2D eigenvalue weighted by molar-refractivity contribution is -0.116. The summed E-state index contributed by atoms with van der Waals surface area (Å²) in [5.41, 5.74) is 1.28. The summed E-state index contributed by atoms with van der Waals surface area (Å²) in [6.07, 6.45) is 3.75. The quantitative estimate of drug-likeness (QED) is 0.724. The molecule has 0 aliphatic rings. The summed E-state index contributed by atoms with van der Waals surface area (Å²) < 4.78 is 27.3. The van der Waals surface area contributed by atoms with Gasteiger partial charge in [-0.1, -0.05) is 0 Å². The van der Waals surface area contributed by atoms with Gasteiger partial charge in [-0.15, -0.1) is 0 Å². The van der Waals surface area contributed by atoms with E-state index in [0.717, 1.165) is 17.7 Å². The van der Waals surface area contributed by atoms with Crippen molar-refractivity contribution in [1.82, 2.24) is 14.8 Å². The van der Waals surface area contributed by atoms with Gasteiger partial charge >= 0.3 is 0 Å². The zero-order chi connectivity index (χ0) is 19.2. The highest BCUT2D eigenvalue weighted by Crippen LogP contribution is 2.14. The fourth-order valence-electron chi connectivity index (χ4n) is 2.46. The van der Waals surface area contributed by atoms with Crippen molar-refractivity contribution in [3.05, 3.63) is 76.8 Å². The maximum absolute atomic E-state index is 13.1. The molecular formula is C19H16F2N4O2. The van der Waals surface area contributed by atoms with Gasteiger partial charge in [0.15, 0.2) is 11.6 Å². The molecule has 1 amide bonds. The van der Waals surface area contributed by atoms with E-state index in [1.54, 1.807) is 24.5 Å². The van der Waals surface area contributed by atoms with E-state index in [1.165, 1.54) is 16.8 Å². The van der Waals surface area contributed by atoms with Crippen LogP contribution in [-0.2, 0) is 11.3 Å². The molecule has 2 aromatic heterocycles. The first-order valence-electron chi connectivity index (χ1n) is 8.26. The van der Waals surface area contributed by atoms with Crippen molar-refractivity contribution >= 4 is 11.6 Å². The van der Waals surface area contributed by atoms with Crippen LogP contribution in [0.25, 0.3) is 11.3 Å². The Bertz CT molecular complexity index is 1010. The molecule has 6 nitrogen and oxygen atoms in total. The molecule has 3 aromatic rings. The number of nitrogens with zero attached hydrogens (tertiary/aromatic N) is 3. The fourth-order valence-corrected chi connectivity index (χ4v) is 2.46. The molecule has 0 fully saturated rings. The predicted molar refractivity (Wildman–Crippen MR) is 95.9 cm³/mol. The van der Waals surface area contributed by atoms with Gasteiger partial charge in [-0.05, 0) is 36.8 Å². The van der Waals surface area contributed by atoms with Crippen LogP contribution in [0.2, 0.25) is 0 Å².